The van der Waals surface area contributed by atoms with Gasteiger partial charge >= 0.3 is 6.18 Å². The number of halogens is 3. The highest BCUT2D eigenvalue weighted by Gasteiger charge is 2.33. The Hall–Kier alpha value is -1.03. The van der Waals surface area contributed by atoms with E-state index in [4.69, 9.17) is 5.73 Å². The molecule has 0 saturated heterocycles. The van der Waals surface area contributed by atoms with E-state index in [-0.39, 0.29) is 5.56 Å². The van der Waals surface area contributed by atoms with Gasteiger partial charge in [0.25, 0.3) is 0 Å². The molecule has 0 aliphatic carbocycles. The molecule has 1 rings (SSSR count). The lowest BCUT2D eigenvalue weighted by Gasteiger charge is -2.17. The number of unbranched alkanes of at least 4 members (excludes halogenated alkanes) is 1. The maximum absolute atomic E-state index is 12.7. The third kappa shape index (κ3) is 3.23. The number of benzene rings is 1. The van der Waals surface area contributed by atoms with E-state index in [9.17, 15) is 13.2 Å². The average Bonchev–Trinajstić information content (AvgIpc) is 2.24. The van der Waals surface area contributed by atoms with Crippen LogP contribution in [0.2, 0.25) is 0 Å². The first-order valence-electron chi connectivity index (χ1n) is 5.38. The molecule has 0 spiro atoms. The topological polar surface area (TPSA) is 26.0 Å². The van der Waals surface area contributed by atoms with Gasteiger partial charge in [0.05, 0.1) is 5.56 Å². The van der Waals surface area contributed by atoms with Gasteiger partial charge in [0.1, 0.15) is 0 Å². The molecule has 1 nitrogen and oxygen atoms in total. The minimum absolute atomic E-state index is 0.198. The van der Waals surface area contributed by atoms with Crippen molar-refractivity contribution < 1.29 is 13.2 Å². The number of hydrogen-bond donors (Lipinski definition) is 1. The second-order valence-corrected chi connectivity index (χ2v) is 3.83. The average molecular weight is 231 g/mol. The summed E-state index contributed by atoms with van der Waals surface area (Å²) in [6, 6.07) is 5.00. The van der Waals surface area contributed by atoms with Crippen LogP contribution in [0.4, 0.5) is 13.2 Å². The fourth-order valence-electron chi connectivity index (χ4n) is 1.66. The second-order valence-electron chi connectivity index (χ2n) is 3.83. The number of hydrogen-bond acceptors (Lipinski definition) is 1. The van der Waals surface area contributed by atoms with Crippen molar-refractivity contribution >= 4 is 0 Å². The van der Waals surface area contributed by atoms with E-state index in [1.165, 1.54) is 12.1 Å². The molecule has 16 heavy (non-hydrogen) atoms. The van der Waals surface area contributed by atoms with Crippen LogP contribution in [-0.4, -0.2) is 0 Å². The molecule has 0 fully saturated rings. The van der Waals surface area contributed by atoms with Gasteiger partial charge in [-0.2, -0.15) is 13.2 Å². The smallest absolute Gasteiger partial charge is 0.324 e. The zero-order valence-corrected chi connectivity index (χ0v) is 9.22. The van der Waals surface area contributed by atoms with Crippen molar-refractivity contribution in [1.82, 2.24) is 0 Å². The molecule has 0 amide bonds. The molecule has 0 aliphatic rings. The number of rotatable bonds is 4. The minimum atomic E-state index is -4.32. The first kappa shape index (κ1) is 13.0. The summed E-state index contributed by atoms with van der Waals surface area (Å²) in [5.74, 6) is 0. The van der Waals surface area contributed by atoms with E-state index in [1.807, 2.05) is 6.92 Å². The molecule has 0 aliphatic heterocycles. The Balaban J connectivity index is 2.94. The van der Waals surface area contributed by atoms with E-state index < -0.39 is 17.8 Å². The van der Waals surface area contributed by atoms with E-state index in [2.05, 4.69) is 0 Å². The lowest BCUT2D eigenvalue weighted by atomic mass is 9.97. The van der Waals surface area contributed by atoms with Crippen LogP contribution in [0, 0.1) is 0 Å². The molecule has 0 aromatic heterocycles. The highest BCUT2D eigenvalue weighted by molar-refractivity contribution is 5.32. The number of alkyl halides is 3. The van der Waals surface area contributed by atoms with Gasteiger partial charge in [-0.05, 0) is 18.1 Å². The Morgan fingerprint density at radius 2 is 1.88 bits per heavy atom. The van der Waals surface area contributed by atoms with Gasteiger partial charge in [0, 0.05) is 6.04 Å². The molecule has 1 aromatic carbocycles. The summed E-state index contributed by atoms with van der Waals surface area (Å²) >= 11 is 0. The van der Waals surface area contributed by atoms with Gasteiger partial charge in [0.15, 0.2) is 0 Å². The van der Waals surface area contributed by atoms with Crippen molar-refractivity contribution in [3.8, 4) is 0 Å². The largest absolute Gasteiger partial charge is 0.416 e. The highest BCUT2D eigenvalue weighted by Crippen LogP contribution is 2.34. The summed E-state index contributed by atoms with van der Waals surface area (Å²) in [7, 11) is 0. The van der Waals surface area contributed by atoms with Crippen molar-refractivity contribution in [2.45, 2.75) is 38.4 Å². The third-order valence-corrected chi connectivity index (χ3v) is 2.53. The summed E-state index contributed by atoms with van der Waals surface area (Å²) < 4.78 is 38.0. The quantitative estimate of drug-likeness (QED) is 0.835. The Morgan fingerprint density at radius 3 is 2.44 bits per heavy atom. The maximum Gasteiger partial charge on any atom is 0.416 e. The maximum atomic E-state index is 12.7. The van der Waals surface area contributed by atoms with Crippen LogP contribution in [-0.2, 0) is 6.18 Å². The Labute approximate surface area is 93.5 Å². The molecular weight excluding hydrogens is 215 g/mol. The Kier molecular flexibility index (Phi) is 4.35. The van der Waals surface area contributed by atoms with Crippen LogP contribution in [0.15, 0.2) is 24.3 Å². The molecule has 90 valence electrons. The van der Waals surface area contributed by atoms with Crippen molar-refractivity contribution in [2.24, 2.45) is 5.73 Å². The normalized spacial score (nSPS) is 13.8. The van der Waals surface area contributed by atoms with Gasteiger partial charge in [-0.3, -0.25) is 0 Å². The summed E-state index contributed by atoms with van der Waals surface area (Å²) in [4.78, 5) is 0. The predicted octanol–water partition coefficient (Wildman–Crippen LogP) is 3.90. The first-order chi connectivity index (χ1) is 7.46. The summed E-state index contributed by atoms with van der Waals surface area (Å²) in [5.41, 5.74) is 5.36. The zero-order valence-electron chi connectivity index (χ0n) is 9.22. The van der Waals surface area contributed by atoms with Crippen molar-refractivity contribution in [3.63, 3.8) is 0 Å². The Morgan fingerprint density at radius 1 is 1.25 bits per heavy atom. The molecule has 1 aromatic rings. The van der Waals surface area contributed by atoms with Crippen LogP contribution in [0.5, 0.6) is 0 Å². The molecule has 0 heterocycles. The minimum Gasteiger partial charge on any atom is -0.324 e. The van der Waals surface area contributed by atoms with Crippen LogP contribution in [0.3, 0.4) is 0 Å². The standard InChI is InChI=1S/C12H16F3N/c1-2-3-8-11(16)9-6-4-5-7-10(9)12(13,14)15/h4-7,11H,2-3,8,16H2,1H3/t11-/m1/s1. The molecule has 0 bridgehead atoms. The lowest BCUT2D eigenvalue weighted by molar-refractivity contribution is -0.138. The fraction of sp³-hybridized carbons (Fsp3) is 0.500. The van der Waals surface area contributed by atoms with Crippen LogP contribution in [0.25, 0.3) is 0 Å². The molecule has 2 N–H and O–H groups in total. The molecule has 0 unspecified atom stereocenters. The lowest BCUT2D eigenvalue weighted by Crippen LogP contribution is -2.17. The third-order valence-electron chi connectivity index (χ3n) is 2.53. The molecule has 4 heteroatoms. The van der Waals surface area contributed by atoms with E-state index in [0.29, 0.717) is 6.42 Å². The number of nitrogens with two attached hydrogens (primary N) is 1. The molecule has 1 atom stereocenters. The van der Waals surface area contributed by atoms with E-state index in [1.54, 1.807) is 6.07 Å². The van der Waals surface area contributed by atoms with Crippen LogP contribution < -0.4 is 5.73 Å². The van der Waals surface area contributed by atoms with Crippen LogP contribution >= 0.6 is 0 Å². The van der Waals surface area contributed by atoms with Crippen molar-refractivity contribution in [3.05, 3.63) is 35.4 Å². The Bertz CT molecular complexity index is 333. The van der Waals surface area contributed by atoms with Gasteiger partial charge in [-0.15, -0.1) is 0 Å². The summed E-state index contributed by atoms with van der Waals surface area (Å²) in [6.07, 6.45) is -1.96. The van der Waals surface area contributed by atoms with Crippen LogP contribution in [0.1, 0.15) is 43.4 Å². The van der Waals surface area contributed by atoms with Crippen molar-refractivity contribution in [2.75, 3.05) is 0 Å². The van der Waals surface area contributed by atoms with Gasteiger partial charge in [-0.25, -0.2) is 0 Å². The van der Waals surface area contributed by atoms with Gasteiger partial charge in [-0.1, -0.05) is 38.0 Å². The first-order valence-corrected chi connectivity index (χ1v) is 5.38. The predicted molar refractivity (Wildman–Crippen MR) is 57.9 cm³/mol. The zero-order chi connectivity index (χ0) is 12.2. The van der Waals surface area contributed by atoms with Gasteiger partial charge < -0.3 is 5.73 Å². The fourth-order valence-corrected chi connectivity index (χ4v) is 1.66. The molecular formula is C12H16F3N. The SMILES string of the molecule is CCCC[C@@H](N)c1ccccc1C(F)(F)F. The molecule has 0 radical (unpaired) electrons. The summed E-state index contributed by atoms with van der Waals surface area (Å²) in [5, 5.41) is 0. The second kappa shape index (κ2) is 5.34. The highest BCUT2D eigenvalue weighted by atomic mass is 19.4. The van der Waals surface area contributed by atoms with Gasteiger partial charge in [0.2, 0.25) is 0 Å². The van der Waals surface area contributed by atoms with Crippen molar-refractivity contribution in [1.29, 1.82) is 0 Å². The monoisotopic (exact) mass is 231 g/mol. The molecule has 0 saturated carbocycles. The summed E-state index contributed by atoms with van der Waals surface area (Å²) in [6.45, 7) is 1.99. The van der Waals surface area contributed by atoms with E-state index in [0.717, 1.165) is 18.9 Å². The van der Waals surface area contributed by atoms with E-state index >= 15 is 0 Å².